The summed E-state index contributed by atoms with van der Waals surface area (Å²) in [6.07, 6.45) is 3.11. The van der Waals surface area contributed by atoms with Gasteiger partial charge in [0.05, 0.1) is 13.2 Å². The fraction of sp³-hybridized carbons (Fsp3) is 0.500. The first-order valence-electron chi connectivity index (χ1n) is 5.36. The highest BCUT2D eigenvalue weighted by Gasteiger charge is 2.14. The van der Waals surface area contributed by atoms with Crippen molar-refractivity contribution < 1.29 is 14.6 Å². The van der Waals surface area contributed by atoms with Gasteiger partial charge in [0.1, 0.15) is 5.75 Å². The molecule has 0 radical (unpaired) electrons. The third kappa shape index (κ3) is 2.94. The van der Waals surface area contributed by atoms with Crippen molar-refractivity contribution in [2.24, 2.45) is 0 Å². The van der Waals surface area contributed by atoms with E-state index in [4.69, 9.17) is 14.6 Å². The van der Waals surface area contributed by atoms with Crippen LogP contribution in [0.5, 0.6) is 5.75 Å². The van der Waals surface area contributed by atoms with Crippen molar-refractivity contribution in [3.05, 3.63) is 29.8 Å². The summed E-state index contributed by atoms with van der Waals surface area (Å²) in [6, 6.07) is 7.48. The number of aliphatic hydroxyl groups excluding tert-OH is 1. The fourth-order valence-corrected chi connectivity index (χ4v) is 1.67. The van der Waals surface area contributed by atoms with Crippen LogP contribution in [0.3, 0.4) is 0 Å². The Morgan fingerprint density at radius 1 is 1.40 bits per heavy atom. The lowest BCUT2D eigenvalue weighted by molar-refractivity contribution is -0.105. The Kier molecular flexibility index (Phi) is 3.59. The predicted molar refractivity (Wildman–Crippen MR) is 56.6 cm³/mol. The lowest BCUT2D eigenvalue weighted by Crippen LogP contribution is -2.24. The number of rotatable bonds is 3. The zero-order valence-electron chi connectivity index (χ0n) is 8.69. The van der Waals surface area contributed by atoms with Crippen molar-refractivity contribution in [1.29, 1.82) is 0 Å². The Hall–Kier alpha value is -1.06. The van der Waals surface area contributed by atoms with Gasteiger partial charge in [0, 0.05) is 6.42 Å². The molecule has 82 valence electrons. The van der Waals surface area contributed by atoms with Gasteiger partial charge >= 0.3 is 0 Å². The average Bonchev–Trinajstić information content (AvgIpc) is 2.31. The summed E-state index contributed by atoms with van der Waals surface area (Å²) in [6.45, 7) is 0.826. The van der Waals surface area contributed by atoms with Gasteiger partial charge in [0.25, 0.3) is 0 Å². The quantitative estimate of drug-likeness (QED) is 0.826. The molecule has 1 aromatic rings. The van der Waals surface area contributed by atoms with Crippen LogP contribution >= 0.6 is 0 Å². The highest BCUT2D eigenvalue weighted by molar-refractivity contribution is 5.28. The standard InChI is InChI=1S/C12H16O3/c13-9-10-4-3-5-11(8-10)15-12-6-1-2-7-14-12/h3-5,8,12-13H,1-2,6-7,9H2. The Labute approximate surface area is 89.6 Å². The molecule has 0 saturated carbocycles. The van der Waals surface area contributed by atoms with E-state index in [2.05, 4.69) is 0 Å². The van der Waals surface area contributed by atoms with Gasteiger partial charge in [0.15, 0.2) is 6.29 Å². The number of hydrogen-bond acceptors (Lipinski definition) is 3. The summed E-state index contributed by atoms with van der Waals surface area (Å²) in [5.74, 6) is 0.772. The molecule has 1 N–H and O–H groups in total. The topological polar surface area (TPSA) is 38.7 Å². The van der Waals surface area contributed by atoms with E-state index in [1.54, 1.807) is 0 Å². The van der Waals surface area contributed by atoms with Crippen molar-refractivity contribution >= 4 is 0 Å². The molecular weight excluding hydrogens is 192 g/mol. The predicted octanol–water partition coefficient (Wildman–Crippen LogP) is 2.08. The number of hydrogen-bond donors (Lipinski definition) is 1. The van der Waals surface area contributed by atoms with Crippen LogP contribution in [-0.2, 0) is 11.3 Å². The summed E-state index contributed by atoms with van der Waals surface area (Å²) in [7, 11) is 0. The molecule has 1 aliphatic heterocycles. The summed E-state index contributed by atoms with van der Waals surface area (Å²) in [5, 5.41) is 8.98. The first-order valence-corrected chi connectivity index (χ1v) is 5.36. The highest BCUT2D eigenvalue weighted by atomic mass is 16.7. The maximum absolute atomic E-state index is 8.98. The first-order chi connectivity index (χ1) is 7.38. The average molecular weight is 208 g/mol. The van der Waals surface area contributed by atoms with Crippen LogP contribution in [-0.4, -0.2) is 18.0 Å². The molecule has 15 heavy (non-hydrogen) atoms. The van der Waals surface area contributed by atoms with Gasteiger partial charge in [-0.3, -0.25) is 0 Å². The van der Waals surface area contributed by atoms with Crippen LogP contribution in [0.25, 0.3) is 0 Å². The molecule has 1 heterocycles. The molecule has 1 atom stereocenters. The lowest BCUT2D eigenvalue weighted by Gasteiger charge is -2.23. The van der Waals surface area contributed by atoms with Gasteiger partial charge < -0.3 is 14.6 Å². The zero-order valence-corrected chi connectivity index (χ0v) is 8.69. The van der Waals surface area contributed by atoms with Crippen LogP contribution < -0.4 is 4.74 Å². The molecule has 0 amide bonds. The Morgan fingerprint density at radius 3 is 3.07 bits per heavy atom. The van der Waals surface area contributed by atoms with Crippen molar-refractivity contribution in [3.63, 3.8) is 0 Å². The zero-order chi connectivity index (χ0) is 10.5. The normalized spacial score (nSPS) is 21.3. The Bertz CT molecular complexity index is 305. The van der Waals surface area contributed by atoms with E-state index < -0.39 is 0 Å². The molecule has 0 bridgehead atoms. The molecule has 2 rings (SSSR count). The molecular formula is C12H16O3. The lowest BCUT2D eigenvalue weighted by atomic mass is 10.2. The molecule has 1 aliphatic rings. The monoisotopic (exact) mass is 208 g/mol. The SMILES string of the molecule is OCc1cccc(OC2CCCCO2)c1. The van der Waals surface area contributed by atoms with E-state index in [9.17, 15) is 0 Å². The summed E-state index contributed by atoms with van der Waals surface area (Å²) < 4.78 is 11.1. The Morgan fingerprint density at radius 2 is 2.33 bits per heavy atom. The van der Waals surface area contributed by atoms with Crippen molar-refractivity contribution in [3.8, 4) is 5.75 Å². The fourth-order valence-electron chi connectivity index (χ4n) is 1.67. The molecule has 1 unspecified atom stereocenters. The van der Waals surface area contributed by atoms with Gasteiger partial charge in [-0.2, -0.15) is 0 Å². The number of benzene rings is 1. The third-order valence-corrected chi connectivity index (χ3v) is 2.49. The van der Waals surface area contributed by atoms with Gasteiger partial charge in [-0.25, -0.2) is 0 Å². The molecule has 3 nitrogen and oxygen atoms in total. The third-order valence-electron chi connectivity index (χ3n) is 2.49. The first kappa shape index (κ1) is 10.5. The molecule has 3 heteroatoms. The van der Waals surface area contributed by atoms with Gasteiger partial charge in [0.2, 0.25) is 0 Å². The minimum atomic E-state index is -0.118. The van der Waals surface area contributed by atoms with E-state index in [0.29, 0.717) is 0 Å². The summed E-state index contributed by atoms with van der Waals surface area (Å²) in [4.78, 5) is 0. The second-order valence-corrected chi connectivity index (χ2v) is 3.72. The maximum atomic E-state index is 8.98. The summed E-state index contributed by atoms with van der Waals surface area (Å²) in [5.41, 5.74) is 0.864. The van der Waals surface area contributed by atoms with Gasteiger partial charge in [-0.1, -0.05) is 12.1 Å². The van der Waals surface area contributed by atoms with E-state index in [1.165, 1.54) is 0 Å². The summed E-state index contributed by atoms with van der Waals surface area (Å²) >= 11 is 0. The second kappa shape index (κ2) is 5.14. The van der Waals surface area contributed by atoms with Crippen LogP contribution in [0.15, 0.2) is 24.3 Å². The van der Waals surface area contributed by atoms with Crippen molar-refractivity contribution in [2.45, 2.75) is 32.2 Å². The second-order valence-electron chi connectivity index (χ2n) is 3.72. The molecule has 0 aliphatic carbocycles. The maximum Gasteiger partial charge on any atom is 0.199 e. The highest BCUT2D eigenvalue weighted by Crippen LogP contribution is 2.20. The van der Waals surface area contributed by atoms with E-state index in [-0.39, 0.29) is 12.9 Å². The Balaban J connectivity index is 1.96. The van der Waals surface area contributed by atoms with Crippen LogP contribution in [0.1, 0.15) is 24.8 Å². The van der Waals surface area contributed by atoms with Gasteiger partial charge in [-0.15, -0.1) is 0 Å². The molecule has 0 aromatic heterocycles. The minimum absolute atomic E-state index is 0.0444. The van der Waals surface area contributed by atoms with Crippen LogP contribution in [0.4, 0.5) is 0 Å². The van der Waals surface area contributed by atoms with Crippen molar-refractivity contribution in [2.75, 3.05) is 6.61 Å². The van der Waals surface area contributed by atoms with E-state index in [0.717, 1.165) is 37.2 Å². The molecule has 1 saturated heterocycles. The largest absolute Gasteiger partial charge is 0.465 e. The molecule has 0 spiro atoms. The minimum Gasteiger partial charge on any atom is -0.465 e. The van der Waals surface area contributed by atoms with Crippen LogP contribution in [0.2, 0.25) is 0 Å². The number of aliphatic hydroxyl groups is 1. The number of ether oxygens (including phenoxy) is 2. The van der Waals surface area contributed by atoms with Crippen LogP contribution in [0, 0.1) is 0 Å². The molecule has 1 aromatic carbocycles. The van der Waals surface area contributed by atoms with E-state index in [1.807, 2.05) is 24.3 Å². The van der Waals surface area contributed by atoms with Gasteiger partial charge in [-0.05, 0) is 30.5 Å². The van der Waals surface area contributed by atoms with E-state index >= 15 is 0 Å². The smallest absolute Gasteiger partial charge is 0.199 e. The molecule has 1 fully saturated rings. The van der Waals surface area contributed by atoms with Crippen molar-refractivity contribution in [1.82, 2.24) is 0 Å².